The van der Waals surface area contributed by atoms with E-state index in [0.717, 1.165) is 46.2 Å². The van der Waals surface area contributed by atoms with Crippen LogP contribution in [0, 0.1) is 17.8 Å². The number of nitrogens with one attached hydrogen (secondary N) is 4. The summed E-state index contributed by atoms with van der Waals surface area (Å²) in [5, 5.41) is 5.19. The van der Waals surface area contributed by atoms with Crippen molar-refractivity contribution < 1.29 is 46.9 Å². The first-order valence-corrected chi connectivity index (χ1v) is 22.2. The second-order valence-corrected chi connectivity index (χ2v) is 18.2. The number of alkyl halides is 2. The van der Waals surface area contributed by atoms with Crippen LogP contribution < -0.4 is 20.1 Å². The molecule has 1 saturated carbocycles. The Morgan fingerprint density at radius 2 is 1.23 bits per heavy atom. The summed E-state index contributed by atoms with van der Waals surface area (Å²) < 4.78 is 52.8. The number of likely N-dealkylation sites (tertiary alicyclic amines) is 2. The van der Waals surface area contributed by atoms with Crippen LogP contribution in [-0.4, -0.2) is 118 Å². The Balaban J connectivity index is 0.954. The number of rotatable bonds is 11. The van der Waals surface area contributed by atoms with Crippen molar-refractivity contribution in [3.8, 4) is 34.0 Å². The summed E-state index contributed by atoms with van der Waals surface area (Å²) in [6, 6.07) is 8.86. The normalized spacial score (nSPS) is 23.3. The number of aromatic nitrogens is 4. The topological polar surface area (TPSA) is 193 Å². The van der Waals surface area contributed by atoms with E-state index in [9.17, 15) is 28.0 Å². The number of alkyl carbamates (subject to hydrolysis) is 2. The molecule has 2 aromatic heterocycles. The number of imidazole rings is 2. The molecule has 9 rings (SSSR count). The number of methoxy groups -OCH3 is 2. The van der Waals surface area contributed by atoms with Crippen molar-refractivity contribution in [2.75, 3.05) is 33.9 Å². The first kappa shape index (κ1) is 43.8. The van der Waals surface area contributed by atoms with E-state index < -0.39 is 60.5 Å². The molecule has 18 heteroatoms. The van der Waals surface area contributed by atoms with Gasteiger partial charge in [-0.15, -0.1) is 0 Å². The SMILES string of the molecule is COC(=O)N[C@H](C(=O)N1C[C@H](F)C[C@H]1c1ncc(-c2ccc3c(c2)OC(C2CC2)C2=C3COc3cc(-c4cnc([C@@H]5C[C@@H](F)CN5C(=O)[C@@H](NC(=O)OC)C(C)C)[nH]4)ccc32)[nH]1)C(C)C. The number of fused-ring (bicyclic) bond motifs is 4. The Kier molecular flexibility index (Phi) is 11.8. The maximum Gasteiger partial charge on any atom is 0.407 e. The van der Waals surface area contributed by atoms with Gasteiger partial charge in [-0.25, -0.2) is 28.3 Å². The highest BCUT2D eigenvalue weighted by Crippen LogP contribution is 2.52. The smallest absolute Gasteiger partial charge is 0.407 e. The molecule has 5 aliphatic rings. The lowest BCUT2D eigenvalue weighted by Crippen LogP contribution is -2.51. The Morgan fingerprint density at radius 1 is 0.738 bits per heavy atom. The lowest BCUT2D eigenvalue weighted by molar-refractivity contribution is -0.136. The molecule has 4 N–H and O–H groups in total. The zero-order valence-corrected chi connectivity index (χ0v) is 37.2. The number of nitrogens with zero attached hydrogens (tertiary/aromatic N) is 4. The van der Waals surface area contributed by atoms with Gasteiger partial charge in [0.1, 0.15) is 60.3 Å². The average Bonchev–Trinajstić information content (AvgIpc) is 3.62. The van der Waals surface area contributed by atoms with Crippen molar-refractivity contribution in [2.45, 2.75) is 96.0 Å². The van der Waals surface area contributed by atoms with Gasteiger partial charge in [0, 0.05) is 52.2 Å². The summed E-state index contributed by atoms with van der Waals surface area (Å²) in [4.78, 5) is 70.3. The molecule has 0 radical (unpaired) electrons. The van der Waals surface area contributed by atoms with Crippen LogP contribution in [0.25, 0.3) is 33.7 Å². The minimum Gasteiger partial charge on any atom is -0.488 e. The molecule has 6 heterocycles. The zero-order valence-electron chi connectivity index (χ0n) is 37.2. The fourth-order valence-electron chi connectivity index (χ4n) is 9.57. The van der Waals surface area contributed by atoms with E-state index in [1.165, 1.54) is 24.0 Å². The number of benzene rings is 2. The fraction of sp³-hybridized carbons (Fsp3) is 0.489. The Hall–Kier alpha value is -6.46. The molecule has 7 atom stereocenters. The molecule has 3 fully saturated rings. The Morgan fingerprint density at radius 3 is 1.71 bits per heavy atom. The van der Waals surface area contributed by atoms with Crippen molar-refractivity contribution >= 4 is 35.1 Å². The molecule has 16 nitrogen and oxygen atoms in total. The van der Waals surface area contributed by atoms with E-state index in [4.69, 9.17) is 18.9 Å². The zero-order chi connectivity index (χ0) is 45.8. The first-order valence-electron chi connectivity index (χ1n) is 22.2. The van der Waals surface area contributed by atoms with Gasteiger partial charge in [0.25, 0.3) is 0 Å². The third-order valence-corrected chi connectivity index (χ3v) is 13.2. The summed E-state index contributed by atoms with van der Waals surface area (Å²) in [7, 11) is 2.45. The van der Waals surface area contributed by atoms with Crippen LogP contribution in [0.15, 0.2) is 48.8 Å². The van der Waals surface area contributed by atoms with Crippen molar-refractivity contribution in [2.24, 2.45) is 17.8 Å². The van der Waals surface area contributed by atoms with Crippen molar-refractivity contribution in [1.29, 1.82) is 0 Å². The molecular weight excluding hydrogens is 843 g/mol. The average molecular weight is 897 g/mol. The highest BCUT2D eigenvalue weighted by Gasteiger charge is 2.45. The molecule has 65 heavy (non-hydrogen) atoms. The molecule has 4 aromatic rings. The monoisotopic (exact) mass is 896 g/mol. The van der Waals surface area contributed by atoms with Crippen LogP contribution in [0.1, 0.15) is 88.2 Å². The number of aromatic amines is 2. The van der Waals surface area contributed by atoms with Gasteiger partial charge in [-0.1, -0.05) is 52.0 Å². The summed E-state index contributed by atoms with van der Waals surface area (Å²) >= 11 is 0. The molecule has 2 saturated heterocycles. The van der Waals surface area contributed by atoms with Crippen molar-refractivity contribution in [1.82, 2.24) is 40.4 Å². The van der Waals surface area contributed by atoms with Crippen LogP contribution in [-0.2, 0) is 19.1 Å². The summed E-state index contributed by atoms with van der Waals surface area (Å²) in [6.07, 6.45) is 1.38. The third kappa shape index (κ3) is 8.38. The Labute approximate surface area is 374 Å². The van der Waals surface area contributed by atoms with Crippen LogP contribution in [0.2, 0.25) is 0 Å². The molecule has 4 aliphatic heterocycles. The first-order chi connectivity index (χ1) is 31.2. The molecule has 0 spiro atoms. The van der Waals surface area contributed by atoms with Gasteiger partial charge >= 0.3 is 12.2 Å². The highest BCUT2D eigenvalue weighted by molar-refractivity contribution is 6.00. The molecule has 1 aliphatic carbocycles. The third-order valence-electron chi connectivity index (χ3n) is 13.2. The standard InChI is InChI=1S/C47H54F2N8O8/c1-22(2)39(54-46(60)62-5)44(58)56-19-27(48)15-34(56)42-50-17-32(52-42)25-10-12-30-36(13-25)64-21-31-29-11-9-26(14-37(29)65-41(38(30)31)24-7-8-24)33-18-51-43(53-33)35-16-28(49)20-57(35)45(59)40(23(3)4)55-47(61)63-6/h9-14,17-18,22-24,27-28,34-35,39-41H,7-8,15-16,19-21H2,1-6H3,(H,50,52)(H,51,53)(H,54,60)(H,55,61)/t27-,28-,34+,35+,39+,40+,41?/m1/s1. The number of hydrogen-bond acceptors (Lipinski definition) is 10. The molecule has 4 amide bonds. The van der Waals surface area contributed by atoms with Crippen LogP contribution in [0.5, 0.6) is 11.5 Å². The van der Waals surface area contributed by atoms with E-state index >= 15 is 0 Å². The molecular formula is C47H54F2N8O8. The second-order valence-electron chi connectivity index (χ2n) is 18.2. The number of carbonyl (C=O) groups excluding carboxylic acids is 4. The number of H-pyrrole nitrogens is 2. The van der Waals surface area contributed by atoms with Gasteiger partial charge in [0.2, 0.25) is 11.8 Å². The predicted molar refractivity (Wildman–Crippen MR) is 234 cm³/mol. The fourth-order valence-corrected chi connectivity index (χ4v) is 9.57. The van der Waals surface area contributed by atoms with Gasteiger partial charge in [0.15, 0.2) is 0 Å². The molecule has 1 unspecified atom stereocenters. The summed E-state index contributed by atoms with van der Waals surface area (Å²) in [6.45, 7) is 7.31. The van der Waals surface area contributed by atoms with Crippen LogP contribution >= 0.6 is 0 Å². The van der Waals surface area contributed by atoms with Gasteiger partial charge in [-0.3, -0.25) is 9.59 Å². The minimum atomic E-state index is -1.25. The van der Waals surface area contributed by atoms with Crippen LogP contribution in [0.4, 0.5) is 18.4 Å². The molecule has 344 valence electrons. The number of carbonyl (C=O) groups is 4. The van der Waals surface area contributed by atoms with Gasteiger partial charge in [0.05, 0.1) is 63.2 Å². The van der Waals surface area contributed by atoms with E-state index in [1.807, 2.05) is 36.4 Å². The van der Waals surface area contributed by atoms with E-state index in [1.54, 1.807) is 40.1 Å². The van der Waals surface area contributed by atoms with E-state index in [-0.39, 0.29) is 43.9 Å². The number of halogens is 2. The number of hydrogen-bond donors (Lipinski definition) is 4. The summed E-state index contributed by atoms with van der Waals surface area (Å²) in [5.74, 6) is 1.31. The highest BCUT2D eigenvalue weighted by atomic mass is 19.1. The molecule has 0 bridgehead atoms. The summed E-state index contributed by atoms with van der Waals surface area (Å²) in [5.41, 5.74) is 6.98. The predicted octanol–water partition coefficient (Wildman–Crippen LogP) is 6.93. The van der Waals surface area contributed by atoms with Crippen LogP contribution in [0.3, 0.4) is 0 Å². The quantitative estimate of drug-likeness (QED) is 0.123. The maximum atomic E-state index is 15.0. The van der Waals surface area contributed by atoms with Gasteiger partial charge in [-0.2, -0.15) is 0 Å². The number of ether oxygens (including phenoxy) is 4. The Bertz CT molecular complexity index is 2530. The second kappa shape index (κ2) is 17.5. The number of amides is 4. The largest absolute Gasteiger partial charge is 0.488 e. The van der Waals surface area contributed by atoms with E-state index in [2.05, 4.69) is 30.6 Å². The molecule has 2 aromatic carbocycles. The van der Waals surface area contributed by atoms with Gasteiger partial charge < -0.3 is 49.3 Å². The van der Waals surface area contributed by atoms with Gasteiger partial charge in [-0.05, 0) is 36.8 Å². The van der Waals surface area contributed by atoms with Crippen molar-refractivity contribution in [3.63, 3.8) is 0 Å². The van der Waals surface area contributed by atoms with Crippen molar-refractivity contribution in [3.05, 3.63) is 71.6 Å². The lowest BCUT2D eigenvalue weighted by Gasteiger charge is -2.35. The minimum absolute atomic E-state index is 0.0699. The maximum absolute atomic E-state index is 15.0. The van der Waals surface area contributed by atoms with E-state index in [0.29, 0.717) is 47.1 Å². The lowest BCUT2D eigenvalue weighted by atomic mass is 9.84.